The molecule has 1 aromatic carbocycles. The third kappa shape index (κ3) is 4.88. The second kappa shape index (κ2) is 6.18. The van der Waals surface area contributed by atoms with Crippen molar-refractivity contribution in [2.75, 3.05) is 13.7 Å². The lowest BCUT2D eigenvalue weighted by atomic mass is 9.87. The summed E-state index contributed by atoms with van der Waals surface area (Å²) in [5, 5.41) is 0. The molecule has 1 atom stereocenters. The summed E-state index contributed by atoms with van der Waals surface area (Å²) in [5.41, 5.74) is 2.77. The van der Waals surface area contributed by atoms with Gasteiger partial charge in [-0.15, -0.1) is 0 Å². The Morgan fingerprint density at radius 1 is 1.12 bits per heavy atom. The third-order valence-corrected chi connectivity index (χ3v) is 2.76. The lowest BCUT2D eigenvalue weighted by Crippen LogP contribution is -2.15. The van der Waals surface area contributed by atoms with Crippen molar-refractivity contribution < 1.29 is 9.47 Å². The molecule has 1 rings (SSSR count). The van der Waals surface area contributed by atoms with Gasteiger partial charge in [0.2, 0.25) is 0 Å². The fourth-order valence-corrected chi connectivity index (χ4v) is 1.62. The molecule has 0 aliphatic rings. The van der Waals surface area contributed by atoms with E-state index in [1.54, 1.807) is 7.11 Å². The van der Waals surface area contributed by atoms with Crippen LogP contribution >= 0.6 is 0 Å². The molecule has 96 valence electrons. The molecule has 2 nitrogen and oxygen atoms in total. The number of hydrogen-bond donors (Lipinski definition) is 0. The minimum absolute atomic E-state index is 0.141. The van der Waals surface area contributed by atoms with E-state index in [-0.39, 0.29) is 11.5 Å². The average molecular weight is 236 g/mol. The van der Waals surface area contributed by atoms with E-state index in [0.717, 1.165) is 0 Å². The summed E-state index contributed by atoms with van der Waals surface area (Å²) in [6, 6.07) is 8.64. The molecule has 0 N–H and O–H groups in total. The van der Waals surface area contributed by atoms with Gasteiger partial charge in [0.15, 0.2) is 0 Å². The lowest BCUT2D eigenvalue weighted by molar-refractivity contribution is -0.000133. The summed E-state index contributed by atoms with van der Waals surface area (Å²) in [6.45, 7) is 9.97. The van der Waals surface area contributed by atoms with Crippen molar-refractivity contribution in [3.8, 4) is 0 Å². The number of hydrogen-bond acceptors (Lipinski definition) is 2. The normalized spacial score (nSPS) is 13.7. The van der Waals surface area contributed by atoms with Crippen molar-refractivity contribution in [2.24, 2.45) is 0 Å². The number of benzene rings is 1. The maximum atomic E-state index is 5.67. The molecule has 0 saturated carbocycles. The van der Waals surface area contributed by atoms with E-state index in [1.165, 1.54) is 11.1 Å². The molecule has 0 bridgehead atoms. The predicted molar refractivity (Wildman–Crippen MR) is 71.3 cm³/mol. The van der Waals surface area contributed by atoms with Crippen LogP contribution < -0.4 is 0 Å². The maximum Gasteiger partial charge on any atom is 0.0784 e. The van der Waals surface area contributed by atoms with Crippen LogP contribution in [0, 0.1) is 0 Å². The van der Waals surface area contributed by atoms with Crippen LogP contribution in [0.15, 0.2) is 24.3 Å². The first kappa shape index (κ1) is 14.2. The SMILES string of the molecule is COCC(C)OCc1ccc(C(C)(C)C)cc1. The fraction of sp³-hybridized carbons (Fsp3) is 0.600. The molecule has 1 unspecified atom stereocenters. The summed E-state index contributed by atoms with van der Waals surface area (Å²) < 4.78 is 10.7. The molecule has 2 heteroatoms. The van der Waals surface area contributed by atoms with Gasteiger partial charge in [-0.25, -0.2) is 0 Å². The maximum absolute atomic E-state index is 5.67. The Bertz CT molecular complexity index is 322. The van der Waals surface area contributed by atoms with Crippen molar-refractivity contribution >= 4 is 0 Å². The van der Waals surface area contributed by atoms with Gasteiger partial charge < -0.3 is 9.47 Å². The largest absolute Gasteiger partial charge is 0.382 e. The minimum Gasteiger partial charge on any atom is -0.382 e. The van der Waals surface area contributed by atoms with Gasteiger partial charge in [0, 0.05) is 7.11 Å². The molecule has 0 amide bonds. The smallest absolute Gasteiger partial charge is 0.0784 e. The average Bonchev–Trinajstić information content (AvgIpc) is 2.26. The Balaban J connectivity index is 2.51. The van der Waals surface area contributed by atoms with Crippen molar-refractivity contribution in [2.45, 2.75) is 45.8 Å². The van der Waals surface area contributed by atoms with E-state index >= 15 is 0 Å². The third-order valence-electron chi connectivity index (χ3n) is 2.76. The van der Waals surface area contributed by atoms with Crippen LogP contribution in [-0.2, 0) is 21.5 Å². The first-order valence-electron chi connectivity index (χ1n) is 6.13. The van der Waals surface area contributed by atoms with Crippen LogP contribution in [-0.4, -0.2) is 19.8 Å². The molecule has 0 heterocycles. The fourth-order valence-electron chi connectivity index (χ4n) is 1.62. The van der Waals surface area contributed by atoms with Gasteiger partial charge in [-0.2, -0.15) is 0 Å². The zero-order valence-electron chi connectivity index (χ0n) is 11.6. The van der Waals surface area contributed by atoms with Crippen LogP contribution in [0.25, 0.3) is 0 Å². The van der Waals surface area contributed by atoms with Crippen molar-refractivity contribution in [3.05, 3.63) is 35.4 Å². The van der Waals surface area contributed by atoms with E-state index in [0.29, 0.717) is 13.2 Å². The van der Waals surface area contributed by atoms with Crippen molar-refractivity contribution in [1.82, 2.24) is 0 Å². The molecule has 0 aliphatic heterocycles. The Morgan fingerprint density at radius 2 is 1.71 bits per heavy atom. The number of ether oxygens (including phenoxy) is 2. The molecule has 17 heavy (non-hydrogen) atoms. The van der Waals surface area contributed by atoms with E-state index in [9.17, 15) is 0 Å². The summed E-state index contributed by atoms with van der Waals surface area (Å²) in [6.07, 6.45) is 0.141. The lowest BCUT2D eigenvalue weighted by Gasteiger charge is -2.19. The molecule has 0 aliphatic carbocycles. The van der Waals surface area contributed by atoms with Crippen LogP contribution in [0.2, 0.25) is 0 Å². The molecule has 0 fully saturated rings. The highest BCUT2D eigenvalue weighted by Crippen LogP contribution is 2.22. The molecule has 0 saturated heterocycles. The predicted octanol–water partition coefficient (Wildman–Crippen LogP) is 3.54. The van der Waals surface area contributed by atoms with Gasteiger partial charge in [0.1, 0.15) is 0 Å². The Kier molecular flexibility index (Phi) is 5.16. The van der Waals surface area contributed by atoms with E-state index in [4.69, 9.17) is 9.47 Å². The molecule has 0 aromatic heterocycles. The van der Waals surface area contributed by atoms with Gasteiger partial charge >= 0.3 is 0 Å². The molecule has 0 radical (unpaired) electrons. The standard InChI is InChI=1S/C15H24O2/c1-12(10-16-5)17-11-13-6-8-14(9-7-13)15(2,3)4/h6-9,12H,10-11H2,1-5H3. The number of methoxy groups -OCH3 is 1. The summed E-state index contributed by atoms with van der Waals surface area (Å²) >= 11 is 0. The highest BCUT2D eigenvalue weighted by atomic mass is 16.5. The first-order valence-corrected chi connectivity index (χ1v) is 6.13. The van der Waals surface area contributed by atoms with E-state index in [2.05, 4.69) is 45.0 Å². The highest BCUT2D eigenvalue weighted by molar-refractivity contribution is 5.27. The Morgan fingerprint density at radius 3 is 2.18 bits per heavy atom. The molecular weight excluding hydrogens is 212 g/mol. The second-order valence-corrected chi connectivity index (χ2v) is 5.52. The second-order valence-electron chi connectivity index (χ2n) is 5.52. The van der Waals surface area contributed by atoms with Gasteiger partial charge in [-0.3, -0.25) is 0 Å². The van der Waals surface area contributed by atoms with Crippen LogP contribution in [0.5, 0.6) is 0 Å². The summed E-state index contributed by atoms with van der Waals surface area (Å²) in [5.74, 6) is 0. The Hall–Kier alpha value is -0.860. The van der Waals surface area contributed by atoms with Crippen LogP contribution in [0.3, 0.4) is 0 Å². The van der Waals surface area contributed by atoms with Crippen LogP contribution in [0.4, 0.5) is 0 Å². The Labute approximate surface area is 105 Å². The quantitative estimate of drug-likeness (QED) is 0.778. The zero-order chi connectivity index (χ0) is 12.9. The molecule has 0 spiro atoms. The summed E-state index contributed by atoms with van der Waals surface area (Å²) in [4.78, 5) is 0. The van der Waals surface area contributed by atoms with E-state index in [1.807, 2.05) is 6.92 Å². The zero-order valence-corrected chi connectivity index (χ0v) is 11.6. The summed E-state index contributed by atoms with van der Waals surface area (Å²) in [7, 11) is 1.69. The van der Waals surface area contributed by atoms with Gasteiger partial charge in [0.05, 0.1) is 19.3 Å². The highest BCUT2D eigenvalue weighted by Gasteiger charge is 2.12. The first-order chi connectivity index (χ1) is 7.93. The van der Waals surface area contributed by atoms with Gasteiger partial charge in [-0.05, 0) is 23.5 Å². The van der Waals surface area contributed by atoms with E-state index < -0.39 is 0 Å². The van der Waals surface area contributed by atoms with Crippen LogP contribution in [0.1, 0.15) is 38.8 Å². The molecule has 1 aromatic rings. The van der Waals surface area contributed by atoms with Gasteiger partial charge in [0.25, 0.3) is 0 Å². The molecular formula is C15H24O2. The van der Waals surface area contributed by atoms with Gasteiger partial charge in [-0.1, -0.05) is 45.0 Å². The van der Waals surface area contributed by atoms with Crippen molar-refractivity contribution in [3.63, 3.8) is 0 Å². The monoisotopic (exact) mass is 236 g/mol. The number of rotatable bonds is 5. The minimum atomic E-state index is 0.141. The van der Waals surface area contributed by atoms with Crippen molar-refractivity contribution in [1.29, 1.82) is 0 Å². The topological polar surface area (TPSA) is 18.5 Å².